The number of alkyl halides is 1. The molecule has 0 bridgehead atoms. The van der Waals surface area contributed by atoms with Crippen LogP contribution >= 0.6 is 0 Å². The molecule has 0 aromatic rings. The number of hydrogen-bond donors (Lipinski definition) is 0. The van der Waals surface area contributed by atoms with E-state index in [1.54, 1.807) is 0 Å². The molecule has 0 aliphatic carbocycles. The molecule has 0 N–H and O–H groups in total. The molecule has 0 radical (unpaired) electrons. The summed E-state index contributed by atoms with van der Waals surface area (Å²) in [7, 11) is 0. The van der Waals surface area contributed by atoms with Crippen molar-refractivity contribution in [3.8, 4) is 0 Å². The minimum absolute atomic E-state index is 0.253. The average Bonchev–Trinajstić information content (AvgIpc) is 2.22. The van der Waals surface area contributed by atoms with Gasteiger partial charge >= 0.3 is 11.9 Å². The van der Waals surface area contributed by atoms with Gasteiger partial charge in [0, 0.05) is 20.3 Å². The number of hydrogen-bond acceptors (Lipinski definition) is 4. The molecule has 0 spiro atoms. The van der Waals surface area contributed by atoms with Crippen molar-refractivity contribution in [1.82, 2.24) is 0 Å². The maximum absolute atomic E-state index is 12.2. The van der Waals surface area contributed by atoms with E-state index in [-0.39, 0.29) is 24.5 Å². The summed E-state index contributed by atoms with van der Waals surface area (Å²) in [6.45, 7) is 2.63. The number of carbonyl (C=O) groups excluding carboxylic acids is 2. The molecule has 0 saturated carbocycles. The number of halogens is 1. The van der Waals surface area contributed by atoms with E-state index >= 15 is 0 Å². The van der Waals surface area contributed by atoms with Gasteiger partial charge in [-0.25, -0.2) is 0 Å². The Bertz CT molecular complexity index is 231. The van der Waals surface area contributed by atoms with Gasteiger partial charge in [0.1, 0.15) is 6.10 Å². The molecule has 1 atom stereocenters. The Morgan fingerprint density at radius 2 is 1.76 bits per heavy atom. The molecule has 0 aliphatic rings. The van der Waals surface area contributed by atoms with Crippen LogP contribution in [0.5, 0.6) is 0 Å². The summed E-state index contributed by atoms with van der Waals surface area (Å²) in [6, 6.07) is 0. The molecule has 0 fully saturated rings. The van der Waals surface area contributed by atoms with Gasteiger partial charge in [-0.3, -0.25) is 14.0 Å². The molecule has 0 amide bonds. The number of carbonyl (C=O) groups is 2. The summed E-state index contributed by atoms with van der Waals surface area (Å²) in [5, 5.41) is 0. The highest BCUT2D eigenvalue weighted by molar-refractivity contribution is 5.66. The first kappa shape index (κ1) is 15.9. The Morgan fingerprint density at radius 1 is 1.06 bits per heavy atom. The van der Waals surface area contributed by atoms with E-state index in [1.807, 2.05) is 0 Å². The van der Waals surface area contributed by atoms with Gasteiger partial charge in [-0.1, -0.05) is 0 Å². The van der Waals surface area contributed by atoms with E-state index in [0.29, 0.717) is 13.0 Å². The van der Waals surface area contributed by atoms with Gasteiger partial charge < -0.3 is 9.47 Å². The van der Waals surface area contributed by atoms with Crippen molar-refractivity contribution in [3.05, 3.63) is 0 Å². The SMILES string of the molecule is CC(=O)OCCCCC[C@H](CCF)OC(C)=O. The lowest BCUT2D eigenvalue weighted by Crippen LogP contribution is -2.17. The van der Waals surface area contributed by atoms with E-state index < -0.39 is 6.67 Å². The van der Waals surface area contributed by atoms with Crippen molar-refractivity contribution in [1.29, 1.82) is 0 Å². The van der Waals surface area contributed by atoms with Crippen LogP contribution in [0.1, 0.15) is 46.0 Å². The zero-order valence-corrected chi connectivity index (χ0v) is 10.5. The molecule has 100 valence electrons. The lowest BCUT2D eigenvalue weighted by atomic mass is 10.1. The minimum atomic E-state index is -0.481. The van der Waals surface area contributed by atoms with E-state index in [2.05, 4.69) is 0 Å². The first-order valence-electron chi connectivity index (χ1n) is 5.92. The number of rotatable bonds is 9. The van der Waals surface area contributed by atoms with Gasteiger partial charge in [0.25, 0.3) is 0 Å². The van der Waals surface area contributed by atoms with Gasteiger partial charge in [-0.05, 0) is 25.7 Å². The Labute approximate surface area is 101 Å². The van der Waals surface area contributed by atoms with Crippen molar-refractivity contribution in [2.24, 2.45) is 0 Å². The van der Waals surface area contributed by atoms with E-state index in [4.69, 9.17) is 9.47 Å². The summed E-state index contributed by atoms with van der Waals surface area (Å²) in [6.07, 6.45) is 3.07. The molecule has 0 heterocycles. The molecule has 0 aromatic carbocycles. The van der Waals surface area contributed by atoms with Crippen molar-refractivity contribution in [2.45, 2.75) is 52.1 Å². The first-order chi connectivity index (χ1) is 8.06. The Hall–Kier alpha value is -1.13. The van der Waals surface area contributed by atoms with Gasteiger partial charge in [0.15, 0.2) is 0 Å². The van der Waals surface area contributed by atoms with Gasteiger partial charge in [0.2, 0.25) is 0 Å². The van der Waals surface area contributed by atoms with Crippen LogP contribution in [-0.2, 0) is 19.1 Å². The highest BCUT2D eigenvalue weighted by Crippen LogP contribution is 2.11. The summed E-state index contributed by atoms with van der Waals surface area (Å²) in [4.78, 5) is 21.2. The largest absolute Gasteiger partial charge is 0.466 e. The van der Waals surface area contributed by atoms with Crippen molar-refractivity contribution >= 4 is 11.9 Å². The van der Waals surface area contributed by atoms with Gasteiger partial charge in [-0.15, -0.1) is 0 Å². The minimum Gasteiger partial charge on any atom is -0.466 e. The molecule has 0 aromatic heterocycles. The van der Waals surface area contributed by atoms with Crippen LogP contribution in [0.25, 0.3) is 0 Å². The topological polar surface area (TPSA) is 52.6 Å². The first-order valence-corrected chi connectivity index (χ1v) is 5.92. The molecule has 0 saturated heterocycles. The van der Waals surface area contributed by atoms with Gasteiger partial charge in [-0.2, -0.15) is 0 Å². The third-order valence-corrected chi connectivity index (χ3v) is 2.24. The molecule has 0 rings (SSSR count). The molecule has 0 unspecified atom stereocenters. The van der Waals surface area contributed by atoms with Crippen LogP contribution in [0.3, 0.4) is 0 Å². The second-order valence-corrected chi connectivity index (χ2v) is 3.90. The van der Waals surface area contributed by atoms with Crippen LogP contribution in [0.2, 0.25) is 0 Å². The van der Waals surface area contributed by atoms with Crippen LogP contribution < -0.4 is 0 Å². The monoisotopic (exact) mass is 248 g/mol. The quantitative estimate of drug-likeness (QED) is 0.464. The third kappa shape index (κ3) is 11.1. The standard InChI is InChI=1S/C12H21FO4/c1-10(14)16-9-5-3-4-6-12(7-8-13)17-11(2)15/h12H,3-9H2,1-2H3/t12-/m1/s1. The maximum Gasteiger partial charge on any atom is 0.302 e. The normalized spacial score (nSPS) is 11.9. The molecular weight excluding hydrogens is 227 g/mol. The van der Waals surface area contributed by atoms with E-state index in [1.165, 1.54) is 13.8 Å². The van der Waals surface area contributed by atoms with Crippen molar-refractivity contribution < 1.29 is 23.5 Å². The molecule has 0 aliphatic heterocycles. The Balaban J connectivity index is 3.53. The number of esters is 2. The lowest BCUT2D eigenvalue weighted by molar-refractivity contribution is -0.147. The zero-order valence-electron chi connectivity index (χ0n) is 10.5. The fraction of sp³-hybridized carbons (Fsp3) is 0.833. The van der Waals surface area contributed by atoms with Gasteiger partial charge in [0.05, 0.1) is 13.3 Å². The maximum atomic E-state index is 12.2. The Morgan fingerprint density at radius 3 is 2.29 bits per heavy atom. The molecule has 4 nitrogen and oxygen atoms in total. The number of ether oxygens (including phenoxy) is 2. The molecule has 5 heteroatoms. The third-order valence-electron chi connectivity index (χ3n) is 2.24. The van der Waals surface area contributed by atoms with Crippen LogP contribution in [0.4, 0.5) is 4.39 Å². The van der Waals surface area contributed by atoms with Crippen molar-refractivity contribution in [3.63, 3.8) is 0 Å². The lowest BCUT2D eigenvalue weighted by Gasteiger charge is -2.15. The summed E-state index contributed by atoms with van der Waals surface area (Å²) in [5.74, 6) is -0.649. The predicted molar refractivity (Wildman–Crippen MR) is 61.2 cm³/mol. The summed E-state index contributed by atoms with van der Waals surface area (Å²) < 4.78 is 21.9. The highest BCUT2D eigenvalue weighted by Gasteiger charge is 2.11. The second kappa shape index (κ2) is 10.1. The highest BCUT2D eigenvalue weighted by atomic mass is 19.1. The average molecular weight is 248 g/mol. The van der Waals surface area contributed by atoms with E-state index in [0.717, 1.165) is 19.3 Å². The fourth-order valence-corrected chi connectivity index (χ4v) is 1.49. The number of unbranched alkanes of at least 4 members (excludes halogenated alkanes) is 2. The predicted octanol–water partition coefficient (Wildman–Crippen LogP) is 2.40. The second-order valence-electron chi connectivity index (χ2n) is 3.90. The Kier molecular flexibility index (Phi) is 9.38. The van der Waals surface area contributed by atoms with Crippen molar-refractivity contribution in [2.75, 3.05) is 13.3 Å². The zero-order chi connectivity index (χ0) is 13.1. The summed E-state index contributed by atoms with van der Waals surface area (Å²) >= 11 is 0. The van der Waals surface area contributed by atoms with E-state index in [9.17, 15) is 14.0 Å². The molecular formula is C12H21FO4. The van der Waals surface area contributed by atoms with Crippen LogP contribution in [-0.4, -0.2) is 31.3 Å². The molecule has 17 heavy (non-hydrogen) atoms. The smallest absolute Gasteiger partial charge is 0.302 e. The summed E-state index contributed by atoms with van der Waals surface area (Å²) in [5.41, 5.74) is 0. The van der Waals surface area contributed by atoms with Crippen LogP contribution in [0.15, 0.2) is 0 Å². The fourth-order valence-electron chi connectivity index (χ4n) is 1.49. The van der Waals surface area contributed by atoms with Crippen LogP contribution in [0, 0.1) is 0 Å².